The topological polar surface area (TPSA) is 69.5 Å². The van der Waals surface area contributed by atoms with E-state index in [9.17, 15) is 4.79 Å². The molecule has 0 N–H and O–H groups in total. The summed E-state index contributed by atoms with van der Waals surface area (Å²) in [5, 5.41) is 4.58. The number of carbonyl (C=O) groups excluding carboxylic acids is 1. The van der Waals surface area contributed by atoms with Crippen LogP contribution in [0.15, 0.2) is 55.1 Å². The van der Waals surface area contributed by atoms with Gasteiger partial charge in [-0.25, -0.2) is 9.67 Å². The SMILES string of the molecule is CC(c1ccc(-n2cncn2)cc1)N(C)C(=O)C=Cc1cc(Cl)c2c(c1)OCCO2. The summed E-state index contributed by atoms with van der Waals surface area (Å²) in [5.74, 6) is 1.02. The molecule has 1 aromatic heterocycles. The van der Waals surface area contributed by atoms with Crippen molar-refractivity contribution in [2.24, 2.45) is 0 Å². The number of benzene rings is 2. The number of amides is 1. The minimum Gasteiger partial charge on any atom is -0.486 e. The quantitative estimate of drug-likeness (QED) is 0.580. The largest absolute Gasteiger partial charge is 0.486 e. The predicted molar refractivity (Wildman–Crippen MR) is 114 cm³/mol. The summed E-state index contributed by atoms with van der Waals surface area (Å²) >= 11 is 6.26. The molecule has 1 unspecified atom stereocenters. The van der Waals surface area contributed by atoms with Gasteiger partial charge in [0.15, 0.2) is 11.5 Å². The molecule has 1 aliphatic rings. The van der Waals surface area contributed by atoms with Crippen LogP contribution in [0.5, 0.6) is 11.5 Å². The van der Waals surface area contributed by atoms with Crippen molar-refractivity contribution in [3.8, 4) is 17.2 Å². The van der Waals surface area contributed by atoms with Crippen LogP contribution in [0.2, 0.25) is 5.02 Å². The molecule has 0 fully saturated rings. The summed E-state index contributed by atoms with van der Waals surface area (Å²) in [6.45, 7) is 2.94. The van der Waals surface area contributed by atoms with Gasteiger partial charge in [0, 0.05) is 13.1 Å². The first-order valence-corrected chi connectivity index (χ1v) is 9.89. The lowest BCUT2D eigenvalue weighted by molar-refractivity contribution is -0.126. The van der Waals surface area contributed by atoms with E-state index in [0.29, 0.717) is 29.7 Å². The van der Waals surface area contributed by atoms with Crippen molar-refractivity contribution in [1.29, 1.82) is 0 Å². The Morgan fingerprint density at radius 3 is 2.73 bits per heavy atom. The molecule has 1 atom stereocenters. The van der Waals surface area contributed by atoms with Gasteiger partial charge in [-0.3, -0.25) is 4.79 Å². The van der Waals surface area contributed by atoms with Gasteiger partial charge in [-0.05, 0) is 48.4 Å². The van der Waals surface area contributed by atoms with Gasteiger partial charge in [0.2, 0.25) is 5.91 Å². The number of rotatable bonds is 5. The Balaban J connectivity index is 1.45. The van der Waals surface area contributed by atoms with Gasteiger partial charge in [-0.1, -0.05) is 23.7 Å². The van der Waals surface area contributed by atoms with Crippen molar-refractivity contribution in [3.05, 3.63) is 71.3 Å². The normalized spacial score (nSPS) is 14.0. The Morgan fingerprint density at radius 1 is 1.23 bits per heavy atom. The van der Waals surface area contributed by atoms with Crippen LogP contribution in [0.3, 0.4) is 0 Å². The molecule has 0 radical (unpaired) electrons. The van der Waals surface area contributed by atoms with Crippen molar-refractivity contribution in [3.63, 3.8) is 0 Å². The molecule has 0 aliphatic carbocycles. The lowest BCUT2D eigenvalue weighted by atomic mass is 10.1. The van der Waals surface area contributed by atoms with E-state index < -0.39 is 0 Å². The molecular weight excluding hydrogens is 404 g/mol. The summed E-state index contributed by atoms with van der Waals surface area (Å²) in [4.78, 5) is 18.3. The Hall–Kier alpha value is -3.32. The van der Waals surface area contributed by atoms with Crippen LogP contribution in [-0.2, 0) is 4.79 Å². The van der Waals surface area contributed by atoms with Crippen LogP contribution in [-0.4, -0.2) is 45.8 Å². The molecule has 7 nitrogen and oxygen atoms in total. The van der Waals surface area contributed by atoms with Gasteiger partial charge in [0.1, 0.15) is 25.9 Å². The summed E-state index contributed by atoms with van der Waals surface area (Å²) in [6, 6.07) is 11.3. The summed E-state index contributed by atoms with van der Waals surface area (Å²) in [7, 11) is 1.78. The predicted octanol–water partition coefficient (Wildman–Crippen LogP) is 3.92. The van der Waals surface area contributed by atoms with Crippen LogP contribution in [0.25, 0.3) is 11.8 Å². The molecule has 1 amide bonds. The highest BCUT2D eigenvalue weighted by Gasteiger charge is 2.18. The van der Waals surface area contributed by atoms with Gasteiger partial charge in [-0.15, -0.1) is 0 Å². The first-order valence-electron chi connectivity index (χ1n) is 9.52. The third-order valence-electron chi connectivity index (χ3n) is 5.02. The van der Waals surface area contributed by atoms with E-state index >= 15 is 0 Å². The summed E-state index contributed by atoms with van der Waals surface area (Å²) < 4.78 is 12.8. The average Bonchev–Trinajstić information content (AvgIpc) is 3.31. The zero-order chi connectivity index (χ0) is 21.1. The fourth-order valence-corrected chi connectivity index (χ4v) is 3.45. The van der Waals surface area contributed by atoms with Crippen molar-refractivity contribution in [2.45, 2.75) is 13.0 Å². The molecule has 154 valence electrons. The highest BCUT2D eigenvalue weighted by molar-refractivity contribution is 6.32. The van der Waals surface area contributed by atoms with Crippen molar-refractivity contribution in [1.82, 2.24) is 19.7 Å². The van der Waals surface area contributed by atoms with E-state index in [-0.39, 0.29) is 11.9 Å². The second-order valence-corrected chi connectivity index (χ2v) is 7.32. The van der Waals surface area contributed by atoms with E-state index in [0.717, 1.165) is 16.8 Å². The monoisotopic (exact) mass is 424 g/mol. The van der Waals surface area contributed by atoms with Crippen LogP contribution in [0, 0.1) is 0 Å². The lowest BCUT2D eigenvalue weighted by Gasteiger charge is -2.24. The van der Waals surface area contributed by atoms with Crippen LogP contribution in [0.4, 0.5) is 0 Å². The van der Waals surface area contributed by atoms with E-state index in [1.807, 2.05) is 37.3 Å². The second kappa shape index (κ2) is 8.59. The number of fused-ring (bicyclic) bond motifs is 1. The molecule has 2 aromatic carbocycles. The lowest BCUT2D eigenvalue weighted by Crippen LogP contribution is -2.28. The molecule has 4 rings (SSSR count). The molecule has 0 saturated carbocycles. The number of aromatic nitrogens is 3. The molecule has 30 heavy (non-hydrogen) atoms. The number of ether oxygens (including phenoxy) is 2. The van der Waals surface area contributed by atoms with Crippen molar-refractivity contribution >= 4 is 23.6 Å². The smallest absolute Gasteiger partial charge is 0.246 e. The maximum absolute atomic E-state index is 12.7. The van der Waals surface area contributed by atoms with Gasteiger partial charge >= 0.3 is 0 Å². The number of hydrogen-bond donors (Lipinski definition) is 0. The van der Waals surface area contributed by atoms with E-state index in [1.165, 1.54) is 12.4 Å². The van der Waals surface area contributed by atoms with Gasteiger partial charge < -0.3 is 14.4 Å². The molecule has 8 heteroatoms. The highest BCUT2D eigenvalue weighted by Crippen LogP contribution is 2.38. The first kappa shape index (κ1) is 20.0. The average molecular weight is 425 g/mol. The van der Waals surface area contributed by atoms with Crippen LogP contribution < -0.4 is 9.47 Å². The Labute approximate surface area is 179 Å². The molecular formula is C22H21ClN4O3. The first-order chi connectivity index (χ1) is 14.5. The number of carbonyl (C=O) groups is 1. The fraction of sp³-hybridized carbons (Fsp3) is 0.227. The summed E-state index contributed by atoms with van der Waals surface area (Å²) in [5.41, 5.74) is 2.70. The standard InChI is InChI=1S/C22H21ClN4O3/c1-15(17-4-6-18(7-5-17)27-14-24-13-25-27)26(2)21(28)8-3-16-11-19(23)22-20(12-16)29-9-10-30-22/h3-8,11-15H,9-10H2,1-2H3. The third kappa shape index (κ3) is 4.16. The third-order valence-corrected chi connectivity index (χ3v) is 5.31. The maximum Gasteiger partial charge on any atom is 0.246 e. The minimum absolute atomic E-state index is 0.101. The Kier molecular flexibility index (Phi) is 5.72. The molecule has 0 saturated heterocycles. The van der Waals surface area contributed by atoms with Gasteiger partial charge in [-0.2, -0.15) is 5.10 Å². The van der Waals surface area contributed by atoms with Gasteiger partial charge in [0.25, 0.3) is 0 Å². The van der Waals surface area contributed by atoms with Crippen molar-refractivity contribution < 1.29 is 14.3 Å². The Bertz CT molecular complexity index is 1060. The van der Waals surface area contributed by atoms with Crippen LogP contribution in [0.1, 0.15) is 24.1 Å². The fourth-order valence-electron chi connectivity index (χ4n) is 3.17. The number of hydrogen-bond acceptors (Lipinski definition) is 5. The second-order valence-electron chi connectivity index (χ2n) is 6.92. The zero-order valence-corrected chi connectivity index (χ0v) is 17.4. The number of nitrogens with zero attached hydrogens (tertiary/aromatic N) is 4. The Morgan fingerprint density at radius 2 is 2.00 bits per heavy atom. The zero-order valence-electron chi connectivity index (χ0n) is 16.7. The van der Waals surface area contributed by atoms with Gasteiger partial charge in [0.05, 0.1) is 16.8 Å². The molecule has 0 spiro atoms. The number of likely N-dealkylation sites (N-methyl/N-ethyl adjacent to an activating group) is 1. The molecule has 2 heterocycles. The molecule has 3 aromatic rings. The minimum atomic E-state index is -0.117. The van der Waals surface area contributed by atoms with E-state index in [2.05, 4.69) is 10.1 Å². The summed E-state index contributed by atoms with van der Waals surface area (Å²) in [6.07, 6.45) is 6.39. The van der Waals surface area contributed by atoms with E-state index in [4.69, 9.17) is 21.1 Å². The highest BCUT2D eigenvalue weighted by atomic mass is 35.5. The molecule has 1 aliphatic heterocycles. The van der Waals surface area contributed by atoms with Crippen LogP contribution >= 0.6 is 11.6 Å². The maximum atomic E-state index is 12.7. The van der Waals surface area contributed by atoms with Crippen molar-refractivity contribution in [2.75, 3.05) is 20.3 Å². The molecule has 0 bridgehead atoms. The number of halogens is 1. The van der Waals surface area contributed by atoms with E-state index in [1.54, 1.807) is 35.1 Å².